The van der Waals surface area contributed by atoms with Crippen LogP contribution in [0.5, 0.6) is 0 Å². The van der Waals surface area contributed by atoms with Crippen molar-refractivity contribution in [2.75, 3.05) is 6.54 Å². The predicted molar refractivity (Wildman–Crippen MR) is 67.3 cm³/mol. The zero-order valence-corrected chi connectivity index (χ0v) is 11.4. The molecule has 0 aliphatic heterocycles. The van der Waals surface area contributed by atoms with E-state index in [0.717, 1.165) is 5.92 Å². The zero-order chi connectivity index (χ0) is 12.2. The average molecular weight is 225 g/mol. The first-order valence-corrected chi connectivity index (χ1v) is 6.61. The lowest BCUT2D eigenvalue weighted by molar-refractivity contribution is 0.0474. The Morgan fingerprint density at radius 3 is 2.38 bits per heavy atom. The monoisotopic (exact) mass is 225 g/mol. The van der Waals surface area contributed by atoms with Gasteiger partial charge in [-0.3, -0.25) is 0 Å². The molecule has 2 aliphatic carbocycles. The Balaban J connectivity index is 2.08. The second-order valence-electron chi connectivity index (χ2n) is 7.54. The summed E-state index contributed by atoms with van der Waals surface area (Å²) in [7, 11) is 0. The van der Waals surface area contributed by atoms with Crippen LogP contribution in [0.15, 0.2) is 0 Å². The van der Waals surface area contributed by atoms with Crippen molar-refractivity contribution < 1.29 is 5.11 Å². The number of aliphatic hydroxyl groups is 1. The molecule has 2 fully saturated rings. The van der Waals surface area contributed by atoms with Crippen LogP contribution in [0.25, 0.3) is 0 Å². The quantitative estimate of drug-likeness (QED) is 0.773. The van der Waals surface area contributed by atoms with Gasteiger partial charge in [0.15, 0.2) is 0 Å². The molecular formula is C14H27NO. The molecule has 0 heterocycles. The molecule has 0 spiro atoms. The maximum absolute atomic E-state index is 9.84. The van der Waals surface area contributed by atoms with Crippen molar-refractivity contribution >= 4 is 0 Å². The highest BCUT2D eigenvalue weighted by molar-refractivity contribution is 5.12. The van der Waals surface area contributed by atoms with E-state index in [-0.39, 0.29) is 0 Å². The van der Waals surface area contributed by atoms with Gasteiger partial charge in [-0.15, -0.1) is 0 Å². The van der Waals surface area contributed by atoms with Crippen molar-refractivity contribution in [3.63, 3.8) is 0 Å². The summed E-state index contributed by atoms with van der Waals surface area (Å²) in [5, 5.41) is 13.5. The fourth-order valence-electron chi connectivity index (χ4n) is 4.16. The Morgan fingerprint density at radius 2 is 1.94 bits per heavy atom. The van der Waals surface area contributed by atoms with Crippen LogP contribution in [-0.2, 0) is 0 Å². The normalized spacial score (nSPS) is 41.6. The van der Waals surface area contributed by atoms with Gasteiger partial charge >= 0.3 is 0 Å². The summed E-state index contributed by atoms with van der Waals surface area (Å²) < 4.78 is 0. The molecule has 2 rings (SSSR count). The molecule has 94 valence electrons. The zero-order valence-electron chi connectivity index (χ0n) is 11.4. The summed E-state index contributed by atoms with van der Waals surface area (Å²) in [4.78, 5) is 0. The van der Waals surface area contributed by atoms with E-state index in [1.165, 1.54) is 19.3 Å². The van der Waals surface area contributed by atoms with Gasteiger partial charge in [0.05, 0.1) is 5.60 Å². The van der Waals surface area contributed by atoms with E-state index in [1.807, 2.05) is 13.8 Å². The minimum Gasteiger partial charge on any atom is -0.389 e. The topological polar surface area (TPSA) is 32.3 Å². The molecule has 0 aromatic heterocycles. The molecule has 0 saturated heterocycles. The molecule has 0 aromatic rings. The lowest BCUT2D eigenvalue weighted by Crippen LogP contribution is -2.53. The second-order valence-corrected chi connectivity index (χ2v) is 7.54. The molecule has 2 N–H and O–H groups in total. The van der Waals surface area contributed by atoms with E-state index in [9.17, 15) is 5.11 Å². The molecule has 2 heteroatoms. The smallest absolute Gasteiger partial charge is 0.0715 e. The van der Waals surface area contributed by atoms with E-state index in [0.29, 0.717) is 23.4 Å². The predicted octanol–water partition coefficient (Wildman–Crippen LogP) is 2.56. The fraction of sp³-hybridized carbons (Fsp3) is 1.00. The van der Waals surface area contributed by atoms with Crippen LogP contribution >= 0.6 is 0 Å². The lowest BCUT2D eigenvalue weighted by atomic mass is 9.68. The van der Waals surface area contributed by atoms with Gasteiger partial charge < -0.3 is 10.4 Å². The maximum atomic E-state index is 9.84. The molecule has 3 atom stereocenters. The van der Waals surface area contributed by atoms with E-state index < -0.39 is 5.60 Å². The van der Waals surface area contributed by atoms with Gasteiger partial charge in [0, 0.05) is 12.6 Å². The number of hydrogen-bond donors (Lipinski definition) is 2. The first-order valence-electron chi connectivity index (χ1n) is 6.61. The first-order chi connectivity index (χ1) is 7.15. The first kappa shape index (κ1) is 12.4. The molecule has 2 aliphatic rings. The van der Waals surface area contributed by atoms with Crippen LogP contribution in [0, 0.1) is 16.7 Å². The van der Waals surface area contributed by atoms with Gasteiger partial charge in [-0.05, 0) is 49.9 Å². The molecule has 0 aromatic carbocycles. The highest BCUT2D eigenvalue weighted by Gasteiger charge is 2.59. The van der Waals surface area contributed by atoms with Crippen molar-refractivity contribution in [3.8, 4) is 0 Å². The number of rotatable bonds is 3. The van der Waals surface area contributed by atoms with Gasteiger partial charge in [-0.25, -0.2) is 0 Å². The number of fused-ring (bicyclic) bond motifs is 2. The summed E-state index contributed by atoms with van der Waals surface area (Å²) in [6, 6.07) is 0.560. The van der Waals surface area contributed by atoms with Crippen LogP contribution < -0.4 is 5.32 Å². The largest absolute Gasteiger partial charge is 0.389 e. The summed E-state index contributed by atoms with van der Waals surface area (Å²) >= 11 is 0. The molecule has 0 radical (unpaired) electrons. The summed E-state index contributed by atoms with van der Waals surface area (Å²) in [6.45, 7) is 11.7. The Bertz CT molecular complexity index is 274. The third-order valence-corrected chi connectivity index (χ3v) is 5.01. The van der Waals surface area contributed by atoms with Gasteiger partial charge in [0.2, 0.25) is 0 Å². The van der Waals surface area contributed by atoms with Gasteiger partial charge in [-0.2, -0.15) is 0 Å². The Hall–Kier alpha value is -0.0800. The minimum absolute atomic E-state index is 0.387. The third kappa shape index (κ3) is 1.91. The third-order valence-electron chi connectivity index (χ3n) is 5.01. The van der Waals surface area contributed by atoms with Crippen LogP contribution in [0.2, 0.25) is 0 Å². The minimum atomic E-state index is -0.603. The van der Waals surface area contributed by atoms with E-state index in [2.05, 4.69) is 26.1 Å². The molecule has 1 unspecified atom stereocenters. The van der Waals surface area contributed by atoms with Gasteiger partial charge in [0.25, 0.3) is 0 Å². The molecule has 16 heavy (non-hydrogen) atoms. The average Bonchev–Trinajstić information content (AvgIpc) is 2.52. The second kappa shape index (κ2) is 3.46. The van der Waals surface area contributed by atoms with E-state index in [1.54, 1.807) is 0 Å². The van der Waals surface area contributed by atoms with Crippen LogP contribution in [-0.4, -0.2) is 23.3 Å². The lowest BCUT2D eigenvalue weighted by Gasteiger charge is -2.44. The highest BCUT2D eigenvalue weighted by Crippen LogP contribution is 2.62. The summed E-state index contributed by atoms with van der Waals surface area (Å²) in [5.74, 6) is 0.872. The van der Waals surface area contributed by atoms with Gasteiger partial charge in [0.1, 0.15) is 0 Å². The van der Waals surface area contributed by atoms with Crippen molar-refractivity contribution in [2.45, 2.75) is 65.5 Å². The summed E-state index contributed by atoms with van der Waals surface area (Å²) in [5.41, 5.74) is 0.242. The molecule has 2 nitrogen and oxygen atoms in total. The summed E-state index contributed by atoms with van der Waals surface area (Å²) in [6.07, 6.45) is 4.11. The van der Waals surface area contributed by atoms with E-state index in [4.69, 9.17) is 0 Å². The van der Waals surface area contributed by atoms with Gasteiger partial charge in [-0.1, -0.05) is 20.8 Å². The number of hydrogen-bond acceptors (Lipinski definition) is 2. The molecular weight excluding hydrogens is 198 g/mol. The van der Waals surface area contributed by atoms with Crippen molar-refractivity contribution in [3.05, 3.63) is 0 Å². The Morgan fingerprint density at radius 1 is 1.31 bits per heavy atom. The van der Waals surface area contributed by atoms with Crippen LogP contribution in [0.3, 0.4) is 0 Å². The molecule has 2 bridgehead atoms. The standard InChI is InChI=1S/C14H27NO/c1-12(2,16)9-15-11-13(3,4)10-6-7-14(11,5)8-10/h10-11,15-16H,6-9H2,1-5H3/t10-,11?,14+/m0/s1. The Labute approximate surface area is 99.8 Å². The highest BCUT2D eigenvalue weighted by atomic mass is 16.3. The number of nitrogens with one attached hydrogen (secondary N) is 1. The molecule has 0 amide bonds. The van der Waals surface area contributed by atoms with Crippen molar-refractivity contribution in [1.29, 1.82) is 0 Å². The van der Waals surface area contributed by atoms with Crippen molar-refractivity contribution in [2.24, 2.45) is 16.7 Å². The SMILES string of the molecule is CC(C)(O)CNC1C(C)(C)[C@H]2CC[C@]1(C)C2. The molecule has 2 saturated carbocycles. The van der Waals surface area contributed by atoms with E-state index >= 15 is 0 Å². The fourth-order valence-corrected chi connectivity index (χ4v) is 4.16. The van der Waals surface area contributed by atoms with Crippen LogP contribution in [0.4, 0.5) is 0 Å². The van der Waals surface area contributed by atoms with Crippen molar-refractivity contribution in [1.82, 2.24) is 5.32 Å². The van der Waals surface area contributed by atoms with Crippen LogP contribution in [0.1, 0.15) is 53.9 Å². The maximum Gasteiger partial charge on any atom is 0.0715 e. The Kier molecular flexibility index (Phi) is 2.67.